The Morgan fingerprint density at radius 2 is 1.89 bits per heavy atom. The molecule has 2 aromatic heterocycles. The average molecular weight is 378 g/mol. The van der Waals surface area contributed by atoms with E-state index in [-0.39, 0.29) is 17.1 Å². The smallest absolute Gasteiger partial charge is 0.291 e. The summed E-state index contributed by atoms with van der Waals surface area (Å²) in [5, 5.41) is 0.499. The Morgan fingerprint density at radius 1 is 1.11 bits per heavy atom. The van der Waals surface area contributed by atoms with Crippen molar-refractivity contribution < 1.29 is 14.1 Å². The fourth-order valence-electron chi connectivity index (χ4n) is 3.96. The number of nitrogens with zero attached hydrogens (tertiary/aromatic N) is 2. The number of hydrogen-bond donors (Lipinski definition) is 1. The van der Waals surface area contributed by atoms with E-state index in [4.69, 9.17) is 4.42 Å². The normalized spacial score (nSPS) is 16.2. The molecule has 0 unspecified atom stereocenters. The molecule has 4 rings (SSSR count). The fraction of sp³-hybridized carbons (Fsp3) is 0.318. The van der Waals surface area contributed by atoms with Gasteiger partial charge in [-0.2, -0.15) is 0 Å². The van der Waals surface area contributed by atoms with Gasteiger partial charge in [0, 0.05) is 12.4 Å². The van der Waals surface area contributed by atoms with E-state index in [0.29, 0.717) is 23.1 Å². The van der Waals surface area contributed by atoms with Gasteiger partial charge in [-0.3, -0.25) is 14.6 Å². The summed E-state index contributed by atoms with van der Waals surface area (Å²) in [6, 6.07) is 10.4. The van der Waals surface area contributed by atoms with Crippen LogP contribution in [0.25, 0.3) is 11.0 Å². The second-order valence-electron chi connectivity index (χ2n) is 7.06. The number of rotatable bonds is 6. The highest BCUT2D eigenvalue weighted by Crippen LogP contribution is 2.37. The number of aromatic nitrogens is 1. The standard InChI is InChI=1S/C22H23N3O3/c1-3-24(4-2)12-13-25-19(15-8-7-11-23-14-15)18-20(26)16-9-5-6-10-17(16)28-21(18)22(25)27/h5-11,14,19H,3-4,12-13H2,1-2H3/p+1/t19-/m1/s1. The number of carbonyl (C=O) groups excluding carboxylic acids is 1. The van der Waals surface area contributed by atoms with Gasteiger partial charge in [-0.1, -0.05) is 18.2 Å². The molecule has 3 aromatic rings. The van der Waals surface area contributed by atoms with Crippen LogP contribution >= 0.6 is 0 Å². The van der Waals surface area contributed by atoms with Gasteiger partial charge in [-0.25, -0.2) is 0 Å². The number of fused-ring (bicyclic) bond motifs is 2. The van der Waals surface area contributed by atoms with Crippen molar-refractivity contribution in [2.24, 2.45) is 0 Å². The predicted molar refractivity (Wildman–Crippen MR) is 107 cm³/mol. The van der Waals surface area contributed by atoms with Crippen molar-refractivity contribution in [1.82, 2.24) is 9.88 Å². The Bertz CT molecular complexity index is 1060. The molecule has 6 heteroatoms. The van der Waals surface area contributed by atoms with Crippen LogP contribution in [0.3, 0.4) is 0 Å². The zero-order valence-corrected chi connectivity index (χ0v) is 16.1. The van der Waals surface area contributed by atoms with Gasteiger partial charge in [0.15, 0.2) is 5.43 Å². The molecule has 3 heterocycles. The molecule has 1 aliphatic heterocycles. The van der Waals surface area contributed by atoms with E-state index in [1.807, 2.05) is 18.2 Å². The summed E-state index contributed by atoms with van der Waals surface area (Å²) in [7, 11) is 0. The molecule has 1 N–H and O–H groups in total. The number of carbonyl (C=O) groups is 1. The molecule has 0 radical (unpaired) electrons. The molecule has 1 aliphatic rings. The minimum absolute atomic E-state index is 0.142. The lowest BCUT2D eigenvalue weighted by Gasteiger charge is -2.26. The number of pyridine rings is 1. The fourth-order valence-corrected chi connectivity index (χ4v) is 3.96. The maximum Gasteiger partial charge on any atom is 0.291 e. The van der Waals surface area contributed by atoms with E-state index < -0.39 is 6.04 Å². The second kappa shape index (κ2) is 7.56. The van der Waals surface area contributed by atoms with Gasteiger partial charge in [0.1, 0.15) is 5.58 Å². The number of hydrogen-bond acceptors (Lipinski definition) is 4. The molecule has 0 saturated heterocycles. The van der Waals surface area contributed by atoms with E-state index in [9.17, 15) is 9.59 Å². The van der Waals surface area contributed by atoms with Crippen LogP contribution in [0.4, 0.5) is 0 Å². The van der Waals surface area contributed by atoms with Gasteiger partial charge in [0.25, 0.3) is 5.91 Å². The molecule has 1 aromatic carbocycles. The van der Waals surface area contributed by atoms with Crippen molar-refractivity contribution in [2.75, 3.05) is 26.2 Å². The maximum absolute atomic E-state index is 13.3. The van der Waals surface area contributed by atoms with Gasteiger partial charge in [0.2, 0.25) is 5.76 Å². The van der Waals surface area contributed by atoms with Crippen molar-refractivity contribution in [3.8, 4) is 0 Å². The number of likely N-dealkylation sites (N-methyl/N-ethyl adjacent to an activating group) is 1. The molecule has 1 amide bonds. The molecule has 0 saturated carbocycles. The largest absolute Gasteiger partial charge is 0.450 e. The van der Waals surface area contributed by atoms with Gasteiger partial charge in [-0.15, -0.1) is 0 Å². The van der Waals surface area contributed by atoms with Crippen molar-refractivity contribution in [1.29, 1.82) is 0 Å². The molecular formula is C22H24N3O3+. The molecule has 0 fully saturated rings. The van der Waals surface area contributed by atoms with Crippen LogP contribution in [-0.4, -0.2) is 42.0 Å². The lowest BCUT2D eigenvalue weighted by molar-refractivity contribution is -0.895. The molecule has 1 atom stereocenters. The third-order valence-corrected chi connectivity index (χ3v) is 5.58. The minimum atomic E-state index is -0.466. The highest BCUT2D eigenvalue weighted by Gasteiger charge is 2.43. The van der Waals surface area contributed by atoms with Crippen molar-refractivity contribution >= 4 is 16.9 Å². The van der Waals surface area contributed by atoms with Crippen LogP contribution in [0.15, 0.2) is 58.0 Å². The topological polar surface area (TPSA) is 67.8 Å². The Morgan fingerprint density at radius 3 is 2.61 bits per heavy atom. The van der Waals surface area contributed by atoms with E-state index in [0.717, 1.165) is 25.2 Å². The maximum atomic E-state index is 13.3. The Labute approximate surface area is 163 Å². The highest BCUT2D eigenvalue weighted by molar-refractivity contribution is 5.99. The zero-order chi connectivity index (χ0) is 19.7. The number of para-hydroxylation sites is 1. The molecular weight excluding hydrogens is 354 g/mol. The van der Waals surface area contributed by atoms with Gasteiger partial charge < -0.3 is 14.2 Å². The Hall–Kier alpha value is -2.99. The first-order chi connectivity index (χ1) is 13.7. The SMILES string of the molecule is CC[NH+](CC)CCN1C(=O)c2oc3ccccc3c(=O)c2[C@H]1c1cccnc1. The molecule has 28 heavy (non-hydrogen) atoms. The average Bonchev–Trinajstić information content (AvgIpc) is 3.02. The number of amides is 1. The van der Waals surface area contributed by atoms with Crippen molar-refractivity contribution in [3.05, 3.63) is 75.9 Å². The number of quaternary nitrogens is 1. The van der Waals surface area contributed by atoms with Crippen molar-refractivity contribution in [3.63, 3.8) is 0 Å². The Balaban J connectivity index is 1.85. The molecule has 0 aliphatic carbocycles. The van der Waals surface area contributed by atoms with Crippen LogP contribution in [0.2, 0.25) is 0 Å². The molecule has 0 spiro atoms. The number of nitrogens with one attached hydrogen (secondary N) is 1. The summed E-state index contributed by atoms with van der Waals surface area (Å²) < 4.78 is 5.92. The summed E-state index contributed by atoms with van der Waals surface area (Å²) in [4.78, 5) is 33.9. The van der Waals surface area contributed by atoms with Gasteiger partial charge in [0.05, 0.1) is 43.2 Å². The first-order valence-corrected chi connectivity index (χ1v) is 9.75. The predicted octanol–water partition coefficient (Wildman–Crippen LogP) is 1.66. The van der Waals surface area contributed by atoms with E-state index in [2.05, 4.69) is 18.8 Å². The quantitative estimate of drug-likeness (QED) is 0.708. The van der Waals surface area contributed by atoms with E-state index in [1.165, 1.54) is 4.90 Å². The lowest BCUT2D eigenvalue weighted by Crippen LogP contribution is -3.12. The highest BCUT2D eigenvalue weighted by atomic mass is 16.3. The summed E-state index contributed by atoms with van der Waals surface area (Å²) >= 11 is 0. The summed E-state index contributed by atoms with van der Waals surface area (Å²) in [6.45, 7) is 7.62. The third kappa shape index (κ3) is 2.99. The molecule has 144 valence electrons. The summed E-state index contributed by atoms with van der Waals surface area (Å²) in [5.41, 5.74) is 1.55. The van der Waals surface area contributed by atoms with Crippen LogP contribution in [0, 0.1) is 0 Å². The van der Waals surface area contributed by atoms with E-state index in [1.54, 1.807) is 35.5 Å². The third-order valence-electron chi connectivity index (χ3n) is 5.58. The summed E-state index contributed by atoms with van der Waals surface area (Å²) in [6.07, 6.45) is 3.41. The van der Waals surface area contributed by atoms with Gasteiger partial charge >= 0.3 is 0 Å². The summed E-state index contributed by atoms with van der Waals surface area (Å²) in [5.74, 6) is -0.0645. The van der Waals surface area contributed by atoms with Crippen LogP contribution in [0.1, 0.15) is 41.6 Å². The zero-order valence-electron chi connectivity index (χ0n) is 16.1. The number of benzene rings is 1. The minimum Gasteiger partial charge on any atom is -0.450 e. The molecule has 6 nitrogen and oxygen atoms in total. The van der Waals surface area contributed by atoms with Crippen LogP contribution in [-0.2, 0) is 0 Å². The second-order valence-corrected chi connectivity index (χ2v) is 7.06. The lowest BCUT2D eigenvalue weighted by atomic mass is 10.00. The van der Waals surface area contributed by atoms with Crippen LogP contribution in [0.5, 0.6) is 0 Å². The first-order valence-electron chi connectivity index (χ1n) is 9.75. The first kappa shape index (κ1) is 18.4. The van der Waals surface area contributed by atoms with Crippen LogP contribution < -0.4 is 10.3 Å². The Kier molecular flexibility index (Phi) is 4.96. The monoisotopic (exact) mass is 378 g/mol. The molecule has 0 bridgehead atoms. The van der Waals surface area contributed by atoms with Gasteiger partial charge in [-0.05, 0) is 37.6 Å². The van der Waals surface area contributed by atoms with Crippen molar-refractivity contribution in [2.45, 2.75) is 19.9 Å². The van der Waals surface area contributed by atoms with E-state index >= 15 is 0 Å².